The Bertz CT molecular complexity index is 691. The summed E-state index contributed by atoms with van der Waals surface area (Å²) in [4.78, 5) is 12.5. The highest BCUT2D eigenvalue weighted by Gasteiger charge is 2.27. The molecule has 1 saturated heterocycles. The molecule has 9 heteroatoms. The maximum atomic E-state index is 12.3. The van der Waals surface area contributed by atoms with Gasteiger partial charge in [0.2, 0.25) is 10.0 Å². The van der Waals surface area contributed by atoms with Crippen LogP contribution in [0.15, 0.2) is 23.1 Å². The second kappa shape index (κ2) is 6.42. The fraction of sp³-hybridized carbons (Fsp3) is 0.571. The minimum Gasteiger partial charge on any atom is -0.378 e. The van der Waals surface area contributed by atoms with Crippen LogP contribution >= 0.6 is 0 Å². The summed E-state index contributed by atoms with van der Waals surface area (Å²) >= 11 is 0. The Kier molecular flexibility index (Phi) is 4.92. The molecular weight excluding hydrogens is 322 g/mol. The molecule has 128 valence electrons. The van der Waals surface area contributed by atoms with Crippen LogP contribution < -0.4 is 9.62 Å². The summed E-state index contributed by atoms with van der Waals surface area (Å²) in [5.41, 5.74) is -0.479. The van der Waals surface area contributed by atoms with Crippen molar-refractivity contribution in [1.82, 2.24) is 4.72 Å². The number of anilines is 1. The lowest BCUT2D eigenvalue weighted by Gasteiger charge is -2.28. The Balaban J connectivity index is 2.41. The number of hydrogen-bond acceptors (Lipinski definition) is 6. The van der Waals surface area contributed by atoms with Gasteiger partial charge in [-0.25, -0.2) is 13.1 Å². The van der Waals surface area contributed by atoms with Crippen molar-refractivity contribution in [3.63, 3.8) is 0 Å². The van der Waals surface area contributed by atoms with E-state index in [0.29, 0.717) is 32.0 Å². The number of rotatable bonds is 4. The van der Waals surface area contributed by atoms with Gasteiger partial charge >= 0.3 is 0 Å². The third-order valence-corrected chi connectivity index (χ3v) is 5.00. The zero-order valence-corrected chi connectivity index (χ0v) is 14.2. The second-order valence-corrected chi connectivity index (χ2v) is 8.04. The Labute approximate surface area is 135 Å². The van der Waals surface area contributed by atoms with E-state index in [1.54, 1.807) is 20.8 Å². The molecule has 0 unspecified atom stereocenters. The van der Waals surface area contributed by atoms with Gasteiger partial charge < -0.3 is 9.64 Å². The Morgan fingerprint density at radius 3 is 2.39 bits per heavy atom. The lowest BCUT2D eigenvalue weighted by molar-refractivity contribution is -0.384. The van der Waals surface area contributed by atoms with E-state index in [9.17, 15) is 18.5 Å². The van der Waals surface area contributed by atoms with Crippen LogP contribution in [0.1, 0.15) is 20.8 Å². The van der Waals surface area contributed by atoms with E-state index in [1.807, 2.05) is 4.90 Å². The highest BCUT2D eigenvalue weighted by atomic mass is 32.2. The zero-order chi connectivity index (χ0) is 17.3. The summed E-state index contributed by atoms with van der Waals surface area (Å²) in [6.45, 7) is 7.18. The molecule has 0 bridgehead atoms. The Morgan fingerprint density at radius 2 is 1.87 bits per heavy atom. The number of ether oxygens (including phenoxy) is 1. The van der Waals surface area contributed by atoms with E-state index >= 15 is 0 Å². The van der Waals surface area contributed by atoms with Crippen LogP contribution in [0.5, 0.6) is 0 Å². The number of nitro groups is 1. The first-order chi connectivity index (χ1) is 10.6. The molecule has 1 aromatic rings. The number of nitrogens with zero attached hydrogens (tertiary/aromatic N) is 2. The van der Waals surface area contributed by atoms with Crippen LogP contribution in [-0.2, 0) is 14.8 Å². The fourth-order valence-electron chi connectivity index (χ4n) is 2.35. The standard InChI is InChI=1S/C14H21N3O5S/c1-14(2,3)15-23(20,21)11-4-5-12(13(10-11)17(18)19)16-6-8-22-9-7-16/h4-5,10,15H,6-9H2,1-3H3. The average molecular weight is 343 g/mol. The Morgan fingerprint density at radius 1 is 1.26 bits per heavy atom. The SMILES string of the molecule is CC(C)(C)NS(=O)(=O)c1ccc(N2CCOCC2)c([N+](=O)[O-])c1. The van der Waals surface area contributed by atoms with Crippen LogP contribution in [0, 0.1) is 10.1 Å². The van der Waals surface area contributed by atoms with E-state index < -0.39 is 20.5 Å². The van der Waals surface area contributed by atoms with Gasteiger partial charge in [0.05, 0.1) is 23.0 Å². The van der Waals surface area contributed by atoms with E-state index in [0.717, 1.165) is 6.07 Å². The molecule has 1 N–H and O–H groups in total. The maximum absolute atomic E-state index is 12.3. The van der Waals surface area contributed by atoms with Gasteiger partial charge in [-0.1, -0.05) is 0 Å². The predicted octanol–water partition coefficient (Wildman–Crippen LogP) is 1.51. The molecule has 1 aliphatic rings. The quantitative estimate of drug-likeness (QED) is 0.657. The molecule has 8 nitrogen and oxygen atoms in total. The van der Waals surface area contributed by atoms with E-state index in [-0.39, 0.29) is 10.6 Å². The molecule has 1 fully saturated rings. The number of hydrogen-bond donors (Lipinski definition) is 1. The number of sulfonamides is 1. The zero-order valence-electron chi connectivity index (χ0n) is 13.4. The normalized spacial score (nSPS) is 16.4. The maximum Gasteiger partial charge on any atom is 0.293 e. The molecule has 0 aliphatic carbocycles. The highest BCUT2D eigenvalue weighted by molar-refractivity contribution is 7.89. The first-order valence-corrected chi connectivity index (χ1v) is 8.73. The third kappa shape index (κ3) is 4.40. The third-order valence-electron chi connectivity index (χ3n) is 3.25. The summed E-state index contributed by atoms with van der Waals surface area (Å²) in [5.74, 6) is 0. The first-order valence-electron chi connectivity index (χ1n) is 7.25. The number of nitro benzene ring substituents is 1. The van der Waals surface area contributed by atoms with Gasteiger partial charge in [-0.05, 0) is 32.9 Å². The molecule has 0 radical (unpaired) electrons. The van der Waals surface area contributed by atoms with Crippen molar-refractivity contribution in [2.75, 3.05) is 31.2 Å². The molecule has 0 saturated carbocycles. The van der Waals surface area contributed by atoms with E-state index in [1.165, 1.54) is 12.1 Å². The van der Waals surface area contributed by atoms with E-state index in [2.05, 4.69) is 4.72 Å². The topological polar surface area (TPSA) is 102 Å². The smallest absolute Gasteiger partial charge is 0.293 e. The molecule has 2 rings (SSSR count). The molecule has 23 heavy (non-hydrogen) atoms. The van der Waals surface area contributed by atoms with Crippen LogP contribution in [0.25, 0.3) is 0 Å². The summed E-state index contributed by atoms with van der Waals surface area (Å²) < 4.78 is 32.4. The molecule has 1 heterocycles. The summed E-state index contributed by atoms with van der Waals surface area (Å²) in [5, 5.41) is 11.4. The molecular formula is C14H21N3O5S. The summed E-state index contributed by atoms with van der Waals surface area (Å²) in [6, 6.07) is 3.99. The van der Waals surface area contributed by atoms with Gasteiger partial charge in [0.1, 0.15) is 5.69 Å². The van der Waals surface area contributed by atoms with Crippen LogP contribution in [0.2, 0.25) is 0 Å². The molecule has 0 amide bonds. The number of benzene rings is 1. The summed E-state index contributed by atoms with van der Waals surface area (Å²) in [6.07, 6.45) is 0. The number of morpholine rings is 1. The van der Waals surface area contributed by atoms with E-state index in [4.69, 9.17) is 4.74 Å². The number of nitrogens with one attached hydrogen (secondary N) is 1. The largest absolute Gasteiger partial charge is 0.378 e. The van der Waals surface area contributed by atoms with Crippen LogP contribution in [0.3, 0.4) is 0 Å². The van der Waals surface area contributed by atoms with Crippen molar-refractivity contribution in [3.8, 4) is 0 Å². The monoisotopic (exact) mass is 343 g/mol. The van der Waals surface area contributed by atoms with Crippen LogP contribution in [-0.4, -0.2) is 45.2 Å². The van der Waals surface area contributed by atoms with Crippen molar-refractivity contribution >= 4 is 21.4 Å². The molecule has 1 aliphatic heterocycles. The van der Waals surface area contributed by atoms with Gasteiger partial charge in [0, 0.05) is 24.7 Å². The predicted molar refractivity (Wildman–Crippen MR) is 86.2 cm³/mol. The van der Waals surface area contributed by atoms with Gasteiger partial charge in [-0.3, -0.25) is 10.1 Å². The van der Waals surface area contributed by atoms with Crippen molar-refractivity contribution in [3.05, 3.63) is 28.3 Å². The van der Waals surface area contributed by atoms with Gasteiger partial charge in [0.25, 0.3) is 5.69 Å². The fourth-order valence-corrected chi connectivity index (χ4v) is 3.79. The molecule has 0 atom stereocenters. The molecule has 0 aromatic heterocycles. The van der Waals surface area contributed by atoms with Crippen LogP contribution in [0.4, 0.5) is 11.4 Å². The van der Waals surface area contributed by atoms with Gasteiger partial charge in [-0.15, -0.1) is 0 Å². The summed E-state index contributed by atoms with van der Waals surface area (Å²) in [7, 11) is -3.82. The minimum atomic E-state index is -3.82. The van der Waals surface area contributed by atoms with Crippen molar-refractivity contribution in [2.24, 2.45) is 0 Å². The van der Waals surface area contributed by atoms with Crippen molar-refractivity contribution in [2.45, 2.75) is 31.2 Å². The first kappa shape index (κ1) is 17.6. The second-order valence-electron chi connectivity index (χ2n) is 6.36. The van der Waals surface area contributed by atoms with Gasteiger partial charge in [-0.2, -0.15) is 0 Å². The van der Waals surface area contributed by atoms with Crippen molar-refractivity contribution in [1.29, 1.82) is 0 Å². The molecule has 1 aromatic carbocycles. The Hall–Kier alpha value is -1.71. The average Bonchev–Trinajstić information content (AvgIpc) is 2.45. The molecule has 0 spiro atoms. The minimum absolute atomic E-state index is 0.115. The van der Waals surface area contributed by atoms with Crippen molar-refractivity contribution < 1.29 is 18.1 Å². The lowest BCUT2D eigenvalue weighted by atomic mass is 10.1. The highest BCUT2D eigenvalue weighted by Crippen LogP contribution is 2.31. The lowest BCUT2D eigenvalue weighted by Crippen LogP contribution is -2.40. The van der Waals surface area contributed by atoms with Gasteiger partial charge in [0.15, 0.2) is 0 Å².